The number of nitrogens with one attached hydrogen (secondary N) is 1. The number of piperazine rings is 1. The summed E-state index contributed by atoms with van der Waals surface area (Å²) in [6.45, 7) is 6.65. The maximum atomic E-state index is 5.65. The highest BCUT2D eigenvalue weighted by Gasteiger charge is 2.26. The maximum Gasteiger partial charge on any atom is 0.269 e. The van der Waals surface area contributed by atoms with Crippen molar-refractivity contribution in [2.45, 2.75) is 19.9 Å². The van der Waals surface area contributed by atoms with Gasteiger partial charge in [-0.3, -0.25) is 4.90 Å². The average molecular weight is 382 g/mol. The average Bonchev–Trinajstić information content (AvgIpc) is 3.27. The van der Waals surface area contributed by atoms with Crippen LogP contribution in [0.5, 0.6) is 0 Å². The lowest BCUT2D eigenvalue weighted by Gasteiger charge is -2.30. The van der Waals surface area contributed by atoms with E-state index in [1.54, 1.807) is 0 Å². The SMILES string of the molecule is Cc1ccc(-c2nc(C)c(-c3nc(C4CNCCN4C)no3)s2)o1.Cl. The fraction of sp³-hybridized carbons (Fsp3) is 0.438. The van der Waals surface area contributed by atoms with Crippen molar-refractivity contribution in [2.75, 3.05) is 26.7 Å². The van der Waals surface area contributed by atoms with Gasteiger partial charge in [-0.25, -0.2) is 4.98 Å². The Morgan fingerprint density at radius 2 is 2.12 bits per heavy atom. The van der Waals surface area contributed by atoms with Gasteiger partial charge >= 0.3 is 0 Å². The van der Waals surface area contributed by atoms with Crippen molar-refractivity contribution >= 4 is 23.7 Å². The van der Waals surface area contributed by atoms with E-state index in [0.717, 1.165) is 46.7 Å². The highest BCUT2D eigenvalue weighted by Crippen LogP contribution is 2.35. The van der Waals surface area contributed by atoms with Crippen molar-refractivity contribution in [3.8, 4) is 21.5 Å². The molecule has 3 aromatic heterocycles. The van der Waals surface area contributed by atoms with Crippen LogP contribution >= 0.6 is 23.7 Å². The van der Waals surface area contributed by atoms with Gasteiger partial charge in [0, 0.05) is 19.6 Å². The van der Waals surface area contributed by atoms with Gasteiger partial charge in [-0.2, -0.15) is 4.98 Å². The number of likely N-dealkylation sites (N-methyl/N-ethyl adjacent to an activating group) is 1. The summed E-state index contributed by atoms with van der Waals surface area (Å²) in [7, 11) is 2.08. The van der Waals surface area contributed by atoms with Gasteiger partial charge < -0.3 is 14.3 Å². The molecule has 1 fully saturated rings. The molecule has 0 radical (unpaired) electrons. The van der Waals surface area contributed by atoms with Gasteiger partial charge in [0.2, 0.25) is 0 Å². The zero-order valence-electron chi connectivity index (χ0n) is 14.3. The molecule has 0 bridgehead atoms. The quantitative estimate of drug-likeness (QED) is 0.746. The van der Waals surface area contributed by atoms with Crippen LogP contribution in [0.2, 0.25) is 0 Å². The molecule has 7 nitrogen and oxygen atoms in total. The van der Waals surface area contributed by atoms with Crippen LogP contribution in [0.4, 0.5) is 0 Å². The minimum absolute atomic E-state index is 0. The Hall–Kier alpha value is -1.74. The lowest BCUT2D eigenvalue weighted by molar-refractivity contribution is 0.190. The fourth-order valence-corrected chi connectivity index (χ4v) is 3.76. The van der Waals surface area contributed by atoms with Crippen LogP contribution in [-0.4, -0.2) is 46.7 Å². The summed E-state index contributed by atoms with van der Waals surface area (Å²) in [5, 5.41) is 8.37. The van der Waals surface area contributed by atoms with Gasteiger partial charge in [0.15, 0.2) is 16.6 Å². The highest BCUT2D eigenvalue weighted by atomic mass is 35.5. The molecule has 1 aliphatic heterocycles. The summed E-state index contributed by atoms with van der Waals surface area (Å²) in [6, 6.07) is 4.00. The van der Waals surface area contributed by atoms with Crippen LogP contribution in [0.25, 0.3) is 21.5 Å². The molecule has 4 rings (SSSR count). The molecule has 25 heavy (non-hydrogen) atoms. The first-order chi connectivity index (χ1) is 11.6. The van der Waals surface area contributed by atoms with E-state index in [0.29, 0.717) is 11.7 Å². The summed E-state index contributed by atoms with van der Waals surface area (Å²) in [4.78, 5) is 12.3. The third-order valence-corrected chi connectivity index (χ3v) is 5.35. The molecule has 134 valence electrons. The largest absolute Gasteiger partial charge is 0.459 e. The second-order valence-electron chi connectivity index (χ2n) is 6.00. The summed E-state index contributed by atoms with van der Waals surface area (Å²) >= 11 is 1.51. The van der Waals surface area contributed by atoms with Gasteiger partial charge in [-0.15, -0.1) is 23.7 Å². The minimum atomic E-state index is 0. The molecule has 1 atom stereocenters. The van der Waals surface area contributed by atoms with E-state index < -0.39 is 0 Å². The van der Waals surface area contributed by atoms with Crippen LogP contribution in [0.15, 0.2) is 21.1 Å². The Morgan fingerprint density at radius 1 is 1.28 bits per heavy atom. The number of furan rings is 1. The Morgan fingerprint density at radius 3 is 2.84 bits per heavy atom. The topological polar surface area (TPSA) is 80.2 Å². The van der Waals surface area contributed by atoms with E-state index in [1.165, 1.54) is 11.3 Å². The van der Waals surface area contributed by atoms with Gasteiger partial charge in [0.25, 0.3) is 5.89 Å². The van der Waals surface area contributed by atoms with Gasteiger partial charge in [-0.1, -0.05) is 5.16 Å². The van der Waals surface area contributed by atoms with E-state index in [4.69, 9.17) is 8.94 Å². The Labute approximate surface area is 155 Å². The van der Waals surface area contributed by atoms with E-state index >= 15 is 0 Å². The molecular formula is C16H20ClN5O2S. The third kappa shape index (κ3) is 3.48. The molecule has 3 aromatic rings. The predicted molar refractivity (Wildman–Crippen MR) is 98.1 cm³/mol. The minimum Gasteiger partial charge on any atom is -0.459 e. The molecule has 4 heterocycles. The van der Waals surface area contributed by atoms with E-state index in [-0.39, 0.29) is 18.4 Å². The van der Waals surface area contributed by atoms with E-state index in [2.05, 4.69) is 32.4 Å². The first kappa shape index (κ1) is 18.1. The highest BCUT2D eigenvalue weighted by molar-refractivity contribution is 7.18. The van der Waals surface area contributed by atoms with Crippen molar-refractivity contribution in [2.24, 2.45) is 0 Å². The number of rotatable bonds is 3. The zero-order chi connectivity index (χ0) is 16.7. The van der Waals surface area contributed by atoms with E-state index in [1.807, 2.05) is 26.0 Å². The molecular weight excluding hydrogens is 362 g/mol. The Kier molecular flexibility index (Phi) is 5.24. The number of aryl methyl sites for hydroxylation is 2. The van der Waals surface area contributed by atoms with Crippen molar-refractivity contribution in [1.82, 2.24) is 25.3 Å². The molecule has 0 amide bonds. The molecule has 1 N–H and O–H groups in total. The molecule has 9 heteroatoms. The Bertz CT molecular complexity index is 858. The van der Waals surface area contributed by atoms with Crippen molar-refractivity contribution in [1.29, 1.82) is 0 Å². The molecule has 0 aliphatic carbocycles. The third-order valence-electron chi connectivity index (χ3n) is 4.19. The lowest BCUT2D eigenvalue weighted by atomic mass is 10.2. The molecule has 1 saturated heterocycles. The Balaban J connectivity index is 0.00000182. The van der Waals surface area contributed by atoms with E-state index in [9.17, 15) is 0 Å². The van der Waals surface area contributed by atoms with Gasteiger partial charge in [0.1, 0.15) is 10.6 Å². The predicted octanol–water partition coefficient (Wildman–Crippen LogP) is 3.07. The number of aromatic nitrogens is 3. The van der Waals surface area contributed by atoms with Crippen LogP contribution in [0, 0.1) is 13.8 Å². The summed E-state index contributed by atoms with van der Waals surface area (Å²) < 4.78 is 11.2. The molecule has 1 aliphatic rings. The standard InChI is InChI=1S/C16H19N5O2S.ClH/c1-9-4-5-12(22-9)16-18-10(2)13(24-16)15-19-14(20-23-15)11-8-17-6-7-21(11)3;/h4-5,11,17H,6-8H2,1-3H3;1H. The second-order valence-corrected chi connectivity index (χ2v) is 7.00. The number of halogens is 1. The molecule has 0 aromatic carbocycles. The number of hydrogen-bond donors (Lipinski definition) is 1. The van der Waals surface area contributed by atoms with Gasteiger partial charge in [-0.05, 0) is 33.0 Å². The summed E-state index contributed by atoms with van der Waals surface area (Å²) in [6.07, 6.45) is 0. The molecule has 0 saturated carbocycles. The first-order valence-electron chi connectivity index (χ1n) is 7.91. The monoisotopic (exact) mass is 381 g/mol. The zero-order valence-corrected chi connectivity index (χ0v) is 15.9. The fourth-order valence-electron chi connectivity index (χ4n) is 2.81. The van der Waals surface area contributed by atoms with Crippen molar-refractivity contribution < 1.29 is 8.94 Å². The lowest BCUT2D eigenvalue weighted by Crippen LogP contribution is -2.44. The van der Waals surface area contributed by atoms with Crippen LogP contribution in [0.3, 0.4) is 0 Å². The molecule has 0 spiro atoms. The number of thiazole rings is 1. The second kappa shape index (κ2) is 7.25. The summed E-state index contributed by atoms with van der Waals surface area (Å²) in [5.41, 5.74) is 0.870. The van der Waals surface area contributed by atoms with Crippen LogP contribution < -0.4 is 5.32 Å². The number of hydrogen-bond acceptors (Lipinski definition) is 8. The smallest absolute Gasteiger partial charge is 0.269 e. The maximum absolute atomic E-state index is 5.65. The molecule has 1 unspecified atom stereocenters. The summed E-state index contributed by atoms with van der Waals surface area (Å²) in [5.74, 6) is 2.87. The number of nitrogens with zero attached hydrogens (tertiary/aromatic N) is 4. The van der Waals surface area contributed by atoms with Crippen molar-refractivity contribution in [3.63, 3.8) is 0 Å². The first-order valence-corrected chi connectivity index (χ1v) is 8.72. The van der Waals surface area contributed by atoms with Gasteiger partial charge in [0.05, 0.1) is 11.7 Å². The van der Waals surface area contributed by atoms with Crippen molar-refractivity contribution in [3.05, 3.63) is 29.4 Å². The van der Waals surface area contributed by atoms with Crippen LogP contribution in [0.1, 0.15) is 23.3 Å². The van der Waals surface area contributed by atoms with Crippen LogP contribution in [-0.2, 0) is 0 Å². The normalized spacial score (nSPS) is 18.3.